The molecule has 1 aromatic heterocycles. The summed E-state index contributed by atoms with van der Waals surface area (Å²) in [6.07, 6.45) is 0.465. The fourth-order valence-electron chi connectivity index (χ4n) is 1.19. The molecule has 0 aromatic carbocycles. The Balaban J connectivity index is 2.91. The molecule has 0 aliphatic rings. The number of hydrogen-bond donors (Lipinski definition) is 0. The van der Waals surface area contributed by atoms with E-state index in [0.717, 1.165) is 0 Å². The Morgan fingerprint density at radius 2 is 2.19 bits per heavy atom. The van der Waals surface area contributed by atoms with Crippen LogP contribution in [0.5, 0.6) is 0 Å². The fraction of sp³-hybridized carbons (Fsp3) is 0.727. The van der Waals surface area contributed by atoms with Crippen LogP contribution in [0.2, 0.25) is 0 Å². The molecule has 1 unspecified atom stereocenters. The van der Waals surface area contributed by atoms with E-state index in [1.54, 1.807) is 14.0 Å². The monoisotopic (exact) mass is 226 g/mol. The molecule has 0 amide bonds. The minimum atomic E-state index is -0.600. The average molecular weight is 226 g/mol. The zero-order valence-electron chi connectivity index (χ0n) is 10.4. The highest BCUT2D eigenvalue weighted by molar-refractivity contribution is 5.83. The minimum Gasteiger partial charge on any atom is -0.371 e. The number of hydrogen-bond acceptors (Lipinski definition) is 5. The van der Waals surface area contributed by atoms with Crippen LogP contribution in [0.25, 0.3) is 0 Å². The molecular formula is C11H18N2O3. The number of rotatable bonds is 5. The van der Waals surface area contributed by atoms with Gasteiger partial charge in [0.15, 0.2) is 0 Å². The van der Waals surface area contributed by atoms with Crippen molar-refractivity contribution in [2.45, 2.75) is 45.6 Å². The van der Waals surface area contributed by atoms with E-state index in [-0.39, 0.29) is 11.7 Å². The number of carbonyl (C=O) groups excluding carboxylic acids is 1. The van der Waals surface area contributed by atoms with Gasteiger partial charge in [-0.05, 0) is 20.8 Å². The standard InChI is InChI=1S/C11H18N2O3/c1-6-8(14)7(2)9-12-10(13-16-9)11(3,4)15-5/h7H,6H2,1-5H3. The molecule has 0 radical (unpaired) electrons. The summed E-state index contributed by atoms with van der Waals surface area (Å²) in [6, 6.07) is 0. The number of Topliss-reactive ketones (excluding diaryl/α,β-unsaturated/α-hetero) is 1. The van der Waals surface area contributed by atoms with Crippen molar-refractivity contribution < 1.29 is 14.1 Å². The second kappa shape index (κ2) is 4.74. The molecule has 90 valence electrons. The maximum Gasteiger partial charge on any atom is 0.237 e. The lowest BCUT2D eigenvalue weighted by atomic mass is 10.0. The van der Waals surface area contributed by atoms with Crippen LogP contribution in [0.4, 0.5) is 0 Å². The van der Waals surface area contributed by atoms with E-state index >= 15 is 0 Å². The topological polar surface area (TPSA) is 65.2 Å². The molecule has 0 saturated carbocycles. The number of methoxy groups -OCH3 is 1. The van der Waals surface area contributed by atoms with Gasteiger partial charge in [0.2, 0.25) is 11.7 Å². The minimum absolute atomic E-state index is 0.0884. The quantitative estimate of drug-likeness (QED) is 0.768. The first-order valence-electron chi connectivity index (χ1n) is 5.34. The molecule has 0 bridgehead atoms. The van der Waals surface area contributed by atoms with Gasteiger partial charge in [-0.15, -0.1) is 0 Å². The van der Waals surface area contributed by atoms with Crippen LogP contribution in [0.3, 0.4) is 0 Å². The Labute approximate surface area is 95.2 Å². The molecule has 0 fully saturated rings. The first kappa shape index (κ1) is 12.8. The predicted molar refractivity (Wildman–Crippen MR) is 58.0 cm³/mol. The van der Waals surface area contributed by atoms with Gasteiger partial charge in [0, 0.05) is 13.5 Å². The average Bonchev–Trinajstić information content (AvgIpc) is 2.76. The van der Waals surface area contributed by atoms with Crippen molar-refractivity contribution in [2.24, 2.45) is 0 Å². The van der Waals surface area contributed by atoms with Crippen molar-refractivity contribution in [1.29, 1.82) is 0 Å². The molecule has 16 heavy (non-hydrogen) atoms. The first-order chi connectivity index (χ1) is 7.42. The third-order valence-corrected chi connectivity index (χ3v) is 2.69. The zero-order chi connectivity index (χ0) is 12.3. The molecule has 1 atom stereocenters. The molecule has 0 N–H and O–H groups in total. The Kier molecular flexibility index (Phi) is 3.80. The van der Waals surface area contributed by atoms with Crippen LogP contribution < -0.4 is 0 Å². The molecule has 5 heteroatoms. The summed E-state index contributed by atoms with van der Waals surface area (Å²) in [5, 5.41) is 3.83. The summed E-state index contributed by atoms with van der Waals surface area (Å²) in [5.74, 6) is 0.553. The molecule has 0 aliphatic heterocycles. The van der Waals surface area contributed by atoms with E-state index in [2.05, 4.69) is 10.1 Å². The summed E-state index contributed by atoms with van der Waals surface area (Å²) in [4.78, 5) is 15.7. The van der Waals surface area contributed by atoms with Crippen LogP contribution in [0.15, 0.2) is 4.52 Å². The van der Waals surface area contributed by atoms with Gasteiger partial charge in [0.1, 0.15) is 11.4 Å². The molecular weight excluding hydrogens is 208 g/mol. The summed E-state index contributed by atoms with van der Waals surface area (Å²) in [6.45, 7) is 7.26. The highest BCUT2D eigenvalue weighted by atomic mass is 16.5. The van der Waals surface area contributed by atoms with Crippen LogP contribution >= 0.6 is 0 Å². The maximum atomic E-state index is 11.5. The van der Waals surface area contributed by atoms with E-state index in [1.807, 2.05) is 20.8 Å². The summed E-state index contributed by atoms with van der Waals surface area (Å²) >= 11 is 0. The van der Waals surface area contributed by atoms with Gasteiger partial charge < -0.3 is 9.26 Å². The van der Waals surface area contributed by atoms with Crippen molar-refractivity contribution in [3.63, 3.8) is 0 Å². The van der Waals surface area contributed by atoms with Crippen LogP contribution in [-0.2, 0) is 15.1 Å². The van der Waals surface area contributed by atoms with Gasteiger partial charge >= 0.3 is 0 Å². The van der Waals surface area contributed by atoms with E-state index in [0.29, 0.717) is 18.1 Å². The third-order valence-electron chi connectivity index (χ3n) is 2.69. The fourth-order valence-corrected chi connectivity index (χ4v) is 1.19. The van der Waals surface area contributed by atoms with E-state index in [1.165, 1.54) is 0 Å². The smallest absolute Gasteiger partial charge is 0.237 e. The number of ether oxygens (including phenoxy) is 1. The molecule has 1 heterocycles. The summed E-state index contributed by atoms with van der Waals surface area (Å²) in [7, 11) is 1.58. The lowest BCUT2D eigenvalue weighted by Gasteiger charge is -2.17. The Morgan fingerprint density at radius 3 is 2.69 bits per heavy atom. The van der Waals surface area contributed by atoms with Gasteiger partial charge in [-0.2, -0.15) is 4.98 Å². The van der Waals surface area contributed by atoms with Crippen molar-refractivity contribution in [2.75, 3.05) is 7.11 Å². The lowest BCUT2D eigenvalue weighted by molar-refractivity contribution is -0.120. The van der Waals surface area contributed by atoms with E-state index in [9.17, 15) is 4.79 Å². The molecule has 5 nitrogen and oxygen atoms in total. The van der Waals surface area contributed by atoms with Crippen molar-refractivity contribution >= 4 is 5.78 Å². The van der Waals surface area contributed by atoms with Gasteiger partial charge in [-0.3, -0.25) is 4.79 Å². The maximum absolute atomic E-state index is 11.5. The van der Waals surface area contributed by atoms with Crippen molar-refractivity contribution in [1.82, 2.24) is 10.1 Å². The highest BCUT2D eigenvalue weighted by Gasteiger charge is 2.28. The number of nitrogens with zero attached hydrogens (tertiary/aromatic N) is 2. The first-order valence-corrected chi connectivity index (χ1v) is 5.34. The number of ketones is 1. The molecule has 1 rings (SSSR count). The van der Waals surface area contributed by atoms with Crippen molar-refractivity contribution in [3.8, 4) is 0 Å². The second-order valence-corrected chi connectivity index (χ2v) is 4.21. The highest BCUT2D eigenvalue weighted by Crippen LogP contribution is 2.23. The SMILES string of the molecule is CCC(=O)C(C)c1nc(C(C)(C)OC)no1. The van der Waals surface area contributed by atoms with Crippen LogP contribution in [0.1, 0.15) is 51.7 Å². The lowest BCUT2D eigenvalue weighted by Crippen LogP contribution is -2.21. The van der Waals surface area contributed by atoms with Crippen LogP contribution in [-0.4, -0.2) is 23.0 Å². The molecule has 0 spiro atoms. The number of aromatic nitrogens is 2. The summed E-state index contributed by atoms with van der Waals surface area (Å²) < 4.78 is 10.3. The third kappa shape index (κ3) is 2.47. The Bertz CT molecular complexity index is 371. The van der Waals surface area contributed by atoms with Gasteiger partial charge in [-0.1, -0.05) is 12.1 Å². The largest absolute Gasteiger partial charge is 0.371 e. The molecule has 0 saturated heterocycles. The Morgan fingerprint density at radius 1 is 1.56 bits per heavy atom. The van der Waals surface area contributed by atoms with Gasteiger partial charge in [-0.25, -0.2) is 0 Å². The molecule has 0 aliphatic carbocycles. The predicted octanol–water partition coefficient (Wildman–Crippen LogP) is 2.03. The van der Waals surface area contributed by atoms with Crippen LogP contribution in [0, 0.1) is 0 Å². The van der Waals surface area contributed by atoms with E-state index in [4.69, 9.17) is 9.26 Å². The second-order valence-electron chi connectivity index (χ2n) is 4.21. The van der Waals surface area contributed by atoms with Gasteiger partial charge in [0.25, 0.3) is 0 Å². The summed E-state index contributed by atoms with van der Waals surface area (Å²) in [5.41, 5.74) is -0.600. The number of carbonyl (C=O) groups is 1. The van der Waals surface area contributed by atoms with Crippen molar-refractivity contribution in [3.05, 3.63) is 11.7 Å². The zero-order valence-corrected chi connectivity index (χ0v) is 10.4. The molecule has 1 aromatic rings. The normalized spacial score (nSPS) is 13.8. The Hall–Kier alpha value is -1.23. The van der Waals surface area contributed by atoms with E-state index < -0.39 is 5.60 Å². The van der Waals surface area contributed by atoms with Gasteiger partial charge in [0.05, 0.1) is 5.92 Å².